The standard InChI is InChI=1S/C19H32N2/c1-5-6-16-7-9-17(10-8-16)15(2)21(4)19-13-11-18(20-3)12-14-19/h7-10,15,18-20H,5-6,11-14H2,1-4H3. The Morgan fingerprint density at radius 3 is 2.29 bits per heavy atom. The molecule has 0 amide bonds. The van der Waals surface area contributed by atoms with Gasteiger partial charge in [0.25, 0.3) is 0 Å². The fraction of sp³-hybridized carbons (Fsp3) is 0.684. The third-order valence-electron chi connectivity index (χ3n) is 5.29. The van der Waals surface area contributed by atoms with Gasteiger partial charge in [-0.2, -0.15) is 0 Å². The highest BCUT2D eigenvalue weighted by atomic mass is 15.2. The number of nitrogens with zero attached hydrogens (tertiary/aromatic N) is 1. The number of aryl methyl sites for hydroxylation is 1. The number of benzene rings is 1. The minimum Gasteiger partial charge on any atom is -0.317 e. The van der Waals surface area contributed by atoms with Gasteiger partial charge in [0.15, 0.2) is 0 Å². The molecule has 1 atom stereocenters. The molecule has 1 unspecified atom stereocenters. The Hall–Kier alpha value is -0.860. The van der Waals surface area contributed by atoms with Gasteiger partial charge >= 0.3 is 0 Å². The van der Waals surface area contributed by atoms with Crippen LogP contribution in [0.5, 0.6) is 0 Å². The lowest BCUT2D eigenvalue weighted by Gasteiger charge is -2.38. The van der Waals surface area contributed by atoms with Crippen LogP contribution in [0.4, 0.5) is 0 Å². The summed E-state index contributed by atoms with van der Waals surface area (Å²) in [5.74, 6) is 0. The number of hydrogen-bond acceptors (Lipinski definition) is 2. The van der Waals surface area contributed by atoms with Crippen LogP contribution < -0.4 is 5.32 Å². The van der Waals surface area contributed by atoms with Crippen LogP contribution in [0, 0.1) is 0 Å². The molecular weight excluding hydrogens is 256 g/mol. The van der Waals surface area contributed by atoms with Gasteiger partial charge in [-0.25, -0.2) is 0 Å². The van der Waals surface area contributed by atoms with E-state index in [0.29, 0.717) is 6.04 Å². The molecule has 2 rings (SSSR count). The van der Waals surface area contributed by atoms with E-state index in [-0.39, 0.29) is 0 Å². The van der Waals surface area contributed by atoms with Crippen molar-refractivity contribution in [3.63, 3.8) is 0 Å². The van der Waals surface area contributed by atoms with E-state index >= 15 is 0 Å². The molecule has 2 heteroatoms. The lowest BCUT2D eigenvalue weighted by atomic mass is 9.89. The highest BCUT2D eigenvalue weighted by Gasteiger charge is 2.26. The minimum absolute atomic E-state index is 0.511. The molecule has 0 saturated heterocycles. The molecule has 0 spiro atoms. The van der Waals surface area contributed by atoms with Crippen LogP contribution in [-0.4, -0.2) is 31.1 Å². The maximum Gasteiger partial charge on any atom is 0.0319 e. The van der Waals surface area contributed by atoms with E-state index in [1.807, 2.05) is 0 Å². The second-order valence-corrected chi connectivity index (χ2v) is 6.63. The van der Waals surface area contributed by atoms with Crippen molar-refractivity contribution in [3.05, 3.63) is 35.4 Å². The topological polar surface area (TPSA) is 15.3 Å². The molecule has 0 aliphatic heterocycles. The monoisotopic (exact) mass is 288 g/mol. The highest BCUT2D eigenvalue weighted by molar-refractivity contribution is 5.25. The zero-order valence-electron chi connectivity index (χ0n) is 14.2. The van der Waals surface area contributed by atoms with E-state index in [2.05, 4.69) is 62.4 Å². The average Bonchev–Trinajstić information content (AvgIpc) is 2.54. The largest absolute Gasteiger partial charge is 0.317 e. The van der Waals surface area contributed by atoms with Crippen LogP contribution in [0.15, 0.2) is 24.3 Å². The molecule has 1 fully saturated rings. The van der Waals surface area contributed by atoms with E-state index in [9.17, 15) is 0 Å². The first-order valence-corrected chi connectivity index (χ1v) is 8.63. The molecule has 118 valence electrons. The first-order chi connectivity index (χ1) is 10.2. The zero-order chi connectivity index (χ0) is 15.2. The van der Waals surface area contributed by atoms with Crippen molar-refractivity contribution in [1.29, 1.82) is 0 Å². The summed E-state index contributed by atoms with van der Waals surface area (Å²) < 4.78 is 0. The summed E-state index contributed by atoms with van der Waals surface area (Å²) in [6, 6.07) is 11.2. The van der Waals surface area contributed by atoms with Gasteiger partial charge in [0.1, 0.15) is 0 Å². The van der Waals surface area contributed by atoms with Crippen LogP contribution in [0.3, 0.4) is 0 Å². The molecule has 0 aromatic heterocycles. The fourth-order valence-electron chi connectivity index (χ4n) is 3.57. The van der Waals surface area contributed by atoms with E-state index in [4.69, 9.17) is 0 Å². The Balaban J connectivity index is 1.94. The van der Waals surface area contributed by atoms with Gasteiger partial charge in [-0.3, -0.25) is 4.90 Å². The zero-order valence-corrected chi connectivity index (χ0v) is 14.2. The Morgan fingerprint density at radius 2 is 1.76 bits per heavy atom. The van der Waals surface area contributed by atoms with E-state index in [1.54, 1.807) is 0 Å². The van der Waals surface area contributed by atoms with Crippen LogP contribution in [0.25, 0.3) is 0 Å². The first kappa shape index (κ1) is 16.5. The molecule has 1 saturated carbocycles. The fourth-order valence-corrected chi connectivity index (χ4v) is 3.57. The summed E-state index contributed by atoms with van der Waals surface area (Å²) in [6.45, 7) is 4.59. The number of nitrogens with one attached hydrogen (secondary N) is 1. The Labute approximate surface area is 130 Å². The summed E-state index contributed by atoms with van der Waals surface area (Å²) >= 11 is 0. The summed E-state index contributed by atoms with van der Waals surface area (Å²) in [5.41, 5.74) is 2.92. The van der Waals surface area contributed by atoms with Crippen molar-refractivity contribution in [3.8, 4) is 0 Å². The lowest BCUT2D eigenvalue weighted by molar-refractivity contribution is 0.136. The average molecular weight is 288 g/mol. The molecule has 0 bridgehead atoms. The molecular formula is C19H32N2. The van der Waals surface area contributed by atoms with E-state index in [0.717, 1.165) is 12.1 Å². The van der Waals surface area contributed by atoms with E-state index < -0.39 is 0 Å². The molecule has 0 heterocycles. The van der Waals surface area contributed by atoms with Gasteiger partial charge in [-0.05, 0) is 64.3 Å². The predicted molar refractivity (Wildman–Crippen MR) is 91.7 cm³/mol. The second-order valence-electron chi connectivity index (χ2n) is 6.63. The highest BCUT2D eigenvalue weighted by Crippen LogP contribution is 2.29. The number of rotatable bonds is 6. The lowest BCUT2D eigenvalue weighted by Crippen LogP contribution is -2.40. The summed E-state index contributed by atoms with van der Waals surface area (Å²) in [4.78, 5) is 2.58. The third-order valence-corrected chi connectivity index (χ3v) is 5.29. The predicted octanol–water partition coefficient (Wildman–Crippen LogP) is 4.16. The molecule has 1 aromatic carbocycles. The van der Waals surface area contributed by atoms with Crippen LogP contribution in [0.2, 0.25) is 0 Å². The molecule has 1 aliphatic carbocycles. The number of hydrogen-bond donors (Lipinski definition) is 1. The van der Waals surface area contributed by atoms with Gasteiger partial charge in [0.2, 0.25) is 0 Å². The summed E-state index contributed by atoms with van der Waals surface area (Å²) in [5, 5.41) is 3.42. The maximum atomic E-state index is 3.42. The van der Waals surface area contributed by atoms with Gasteiger partial charge in [0, 0.05) is 18.1 Å². The molecule has 1 aromatic rings. The van der Waals surface area contributed by atoms with Crippen molar-refractivity contribution < 1.29 is 0 Å². The van der Waals surface area contributed by atoms with Gasteiger partial charge in [-0.1, -0.05) is 37.6 Å². The Kier molecular flexibility index (Phi) is 6.25. The van der Waals surface area contributed by atoms with Crippen molar-refractivity contribution in [2.75, 3.05) is 14.1 Å². The maximum absolute atomic E-state index is 3.42. The van der Waals surface area contributed by atoms with Crippen LogP contribution in [-0.2, 0) is 6.42 Å². The third kappa shape index (κ3) is 4.31. The first-order valence-electron chi connectivity index (χ1n) is 8.63. The Bertz CT molecular complexity index is 404. The van der Waals surface area contributed by atoms with Gasteiger partial charge < -0.3 is 5.32 Å². The van der Waals surface area contributed by atoms with Crippen LogP contribution >= 0.6 is 0 Å². The molecule has 1 aliphatic rings. The second kappa shape index (κ2) is 7.95. The van der Waals surface area contributed by atoms with Crippen molar-refractivity contribution >= 4 is 0 Å². The smallest absolute Gasteiger partial charge is 0.0319 e. The summed E-state index contributed by atoms with van der Waals surface area (Å²) in [7, 11) is 4.39. The van der Waals surface area contributed by atoms with E-state index in [1.165, 1.54) is 49.7 Å². The quantitative estimate of drug-likeness (QED) is 0.845. The van der Waals surface area contributed by atoms with Crippen molar-refractivity contribution in [2.45, 2.75) is 70.5 Å². The minimum atomic E-state index is 0.511. The molecule has 0 radical (unpaired) electrons. The summed E-state index contributed by atoms with van der Waals surface area (Å²) in [6.07, 6.45) is 7.68. The SMILES string of the molecule is CCCc1ccc(C(C)N(C)C2CCC(NC)CC2)cc1. The van der Waals surface area contributed by atoms with Gasteiger partial charge in [0.05, 0.1) is 0 Å². The van der Waals surface area contributed by atoms with Crippen molar-refractivity contribution in [1.82, 2.24) is 10.2 Å². The molecule has 21 heavy (non-hydrogen) atoms. The van der Waals surface area contributed by atoms with Gasteiger partial charge in [-0.15, -0.1) is 0 Å². The molecule has 2 nitrogen and oxygen atoms in total. The molecule has 1 N–H and O–H groups in total. The normalized spacial score (nSPS) is 24.2. The van der Waals surface area contributed by atoms with Crippen molar-refractivity contribution in [2.24, 2.45) is 0 Å². The Morgan fingerprint density at radius 1 is 1.14 bits per heavy atom. The van der Waals surface area contributed by atoms with Crippen LogP contribution in [0.1, 0.15) is 63.1 Å².